The number of nitrogen functional groups attached to an aromatic ring is 1. The maximum Gasteiger partial charge on any atom is 0.236 e. The van der Waals surface area contributed by atoms with Gasteiger partial charge in [0.05, 0.1) is 6.54 Å². The number of primary amides is 1. The first-order valence-electron chi connectivity index (χ1n) is 6.78. The highest BCUT2D eigenvalue weighted by Crippen LogP contribution is 2.38. The lowest BCUT2D eigenvalue weighted by Gasteiger charge is -2.22. The maximum atomic E-state index is 11.2. The molecule has 1 aromatic rings. The van der Waals surface area contributed by atoms with Crippen molar-refractivity contribution in [1.82, 2.24) is 9.97 Å². The molecule has 1 aliphatic carbocycles. The third kappa shape index (κ3) is 3.81. The van der Waals surface area contributed by atoms with Crippen molar-refractivity contribution in [2.24, 2.45) is 5.73 Å². The van der Waals surface area contributed by atoms with Crippen molar-refractivity contribution in [2.45, 2.75) is 38.5 Å². The zero-order valence-electron chi connectivity index (χ0n) is 11.3. The van der Waals surface area contributed by atoms with Crippen molar-refractivity contribution in [1.29, 1.82) is 0 Å². The predicted molar refractivity (Wildman–Crippen MR) is 74.7 cm³/mol. The van der Waals surface area contributed by atoms with E-state index in [0.29, 0.717) is 17.6 Å². The summed E-state index contributed by atoms with van der Waals surface area (Å²) >= 11 is 0. The van der Waals surface area contributed by atoms with Crippen LogP contribution in [0.25, 0.3) is 0 Å². The van der Waals surface area contributed by atoms with E-state index in [0.717, 1.165) is 38.1 Å². The van der Waals surface area contributed by atoms with Crippen LogP contribution in [0, 0.1) is 0 Å². The molecule has 0 atom stereocenters. The molecule has 1 heterocycles. The molecule has 0 aliphatic heterocycles. The van der Waals surface area contributed by atoms with Gasteiger partial charge in [0.25, 0.3) is 0 Å². The molecule has 0 aromatic carbocycles. The van der Waals surface area contributed by atoms with Gasteiger partial charge in [-0.25, -0.2) is 9.97 Å². The van der Waals surface area contributed by atoms with Crippen molar-refractivity contribution in [3.05, 3.63) is 11.9 Å². The Bertz CT molecular complexity index is 458. The molecule has 1 amide bonds. The average Bonchev–Trinajstić information content (AvgIpc) is 3.17. The minimum absolute atomic E-state index is 0.167. The Kier molecular flexibility index (Phi) is 4.19. The molecule has 6 heteroatoms. The Morgan fingerprint density at radius 2 is 2.21 bits per heavy atom. The average molecular weight is 263 g/mol. The third-order valence-electron chi connectivity index (χ3n) is 3.14. The first kappa shape index (κ1) is 13.6. The van der Waals surface area contributed by atoms with Crippen LogP contribution in [0.1, 0.15) is 44.3 Å². The first-order valence-corrected chi connectivity index (χ1v) is 6.78. The van der Waals surface area contributed by atoms with Crippen LogP contribution in [0.2, 0.25) is 0 Å². The van der Waals surface area contributed by atoms with E-state index in [-0.39, 0.29) is 12.5 Å². The number of amides is 1. The Morgan fingerprint density at radius 3 is 2.79 bits per heavy atom. The number of hydrogen-bond donors (Lipinski definition) is 2. The zero-order chi connectivity index (χ0) is 13.8. The van der Waals surface area contributed by atoms with Crippen LogP contribution < -0.4 is 16.4 Å². The van der Waals surface area contributed by atoms with Gasteiger partial charge in [0.1, 0.15) is 17.5 Å². The summed E-state index contributed by atoms with van der Waals surface area (Å²) in [6, 6.07) is 1.71. The van der Waals surface area contributed by atoms with Crippen LogP contribution in [-0.4, -0.2) is 29.0 Å². The maximum absolute atomic E-state index is 11.2. The fraction of sp³-hybridized carbons (Fsp3) is 0.615. The van der Waals surface area contributed by atoms with Gasteiger partial charge in [-0.05, 0) is 19.3 Å². The van der Waals surface area contributed by atoms with Gasteiger partial charge < -0.3 is 16.4 Å². The second-order valence-electron chi connectivity index (χ2n) is 5.02. The summed E-state index contributed by atoms with van der Waals surface area (Å²) in [7, 11) is 0. The molecule has 4 N–H and O–H groups in total. The molecule has 1 saturated carbocycles. The van der Waals surface area contributed by atoms with Gasteiger partial charge in [-0.3, -0.25) is 4.79 Å². The molecule has 1 aromatic heterocycles. The minimum Gasteiger partial charge on any atom is -0.384 e. The van der Waals surface area contributed by atoms with E-state index in [9.17, 15) is 4.79 Å². The van der Waals surface area contributed by atoms with Crippen molar-refractivity contribution in [3.63, 3.8) is 0 Å². The van der Waals surface area contributed by atoms with Crippen LogP contribution in [0.5, 0.6) is 0 Å². The Balaban J connectivity index is 2.20. The van der Waals surface area contributed by atoms with Crippen molar-refractivity contribution < 1.29 is 4.79 Å². The number of nitrogens with zero attached hydrogens (tertiary/aromatic N) is 3. The number of rotatable bonds is 7. The number of unbranched alkanes of at least 4 members (excludes halogenated alkanes) is 1. The Hall–Kier alpha value is -1.85. The number of hydrogen-bond acceptors (Lipinski definition) is 5. The number of carbonyl (C=O) groups is 1. The summed E-state index contributed by atoms with van der Waals surface area (Å²) in [5.74, 6) is 2.03. The summed E-state index contributed by atoms with van der Waals surface area (Å²) in [6.07, 6.45) is 4.27. The molecule has 104 valence electrons. The molecular formula is C13H21N5O. The lowest BCUT2D eigenvalue weighted by molar-refractivity contribution is -0.116. The second kappa shape index (κ2) is 5.86. The lowest BCUT2D eigenvalue weighted by Crippen LogP contribution is -2.35. The standard InChI is InChI=1S/C13H21N5O/c1-2-3-6-18(8-11(15)19)12-7-10(14)16-13(17-12)9-4-5-9/h7,9H,2-6,8H2,1H3,(H2,15,19)(H2,14,16,17). The number of aromatic nitrogens is 2. The fourth-order valence-electron chi connectivity index (χ4n) is 1.97. The van der Waals surface area contributed by atoms with E-state index in [1.54, 1.807) is 6.07 Å². The Labute approximate surface area is 113 Å². The van der Waals surface area contributed by atoms with Gasteiger partial charge in [-0.1, -0.05) is 13.3 Å². The molecule has 6 nitrogen and oxygen atoms in total. The third-order valence-corrected chi connectivity index (χ3v) is 3.14. The summed E-state index contributed by atoms with van der Waals surface area (Å²) < 4.78 is 0. The monoisotopic (exact) mass is 263 g/mol. The van der Waals surface area contributed by atoms with Crippen molar-refractivity contribution in [3.8, 4) is 0 Å². The highest BCUT2D eigenvalue weighted by atomic mass is 16.1. The molecule has 2 rings (SSSR count). The van der Waals surface area contributed by atoms with E-state index in [4.69, 9.17) is 11.5 Å². The van der Waals surface area contributed by atoms with Gasteiger partial charge in [-0.2, -0.15) is 0 Å². The topological polar surface area (TPSA) is 98.1 Å². The normalized spacial score (nSPS) is 14.4. The smallest absolute Gasteiger partial charge is 0.236 e. The van der Waals surface area contributed by atoms with E-state index < -0.39 is 0 Å². The summed E-state index contributed by atoms with van der Waals surface area (Å²) in [5.41, 5.74) is 11.1. The van der Waals surface area contributed by atoms with Crippen LogP contribution in [0.4, 0.5) is 11.6 Å². The largest absolute Gasteiger partial charge is 0.384 e. The SMILES string of the molecule is CCCCN(CC(N)=O)c1cc(N)nc(C2CC2)n1. The van der Waals surface area contributed by atoms with Gasteiger partial charge >= 0.3 is 0 Å². The zero-order valence-corrected chi connectivity index (χ0v) is 11.3. The van der Waals surface area contributed by atoms with Crippen LogP contribution in [0.15, 0.2) is 6.07 Å². The van der Waals surface area contributed by atoms with Crippen molar-refractivity contribution >= 4 is 17.5 Å². The van der Waals surface area contributed by atoms with Crippen LogP contribution in [0.3, 0.4) is 0 Å². The molecule has 19 heavy (non-hydrogen) atoms. The highest BCUT2D eigenvalue weighted by Gasteiger charge is 2.27. The first-order chi connectivity index (χ1) is 9.10. The van der Waals surface area contributed by atoms with Gasteiger partial charge in [0.15, 0.2) is 0 Å². The Morgan fingerprint density at radius 1 is 1.47 bits per heavy atom. The summed E-state index contributed by atoms with van der Waals surface area (Å²) in [4.78, 5) is 21.8. The van der Waals surface area contributed by atoms with Crippen molar-refractivity contribution in [2.75, 3.05) is 23.7 Å². The molecule has 0 spiro atoms. The van der Waals surface area contributed by atoms with Gasteiger partial charge in [0.2, 0.25) is 5.91 Å². The molecule has 0 radical (unpaired) electrons. The molecule has 0 unspecified atom stereocenters. The highest BCUT2D eigenvalue weighted by molar-refractivity contribution is 5.79. The molecule has 0 bridgehead atoms. The fourth-order valence-corrected chi connectivity index (χ4v) is 1.97. The van der Waals surface area contributed by atoms with Gasteiger partial charge in [0, 0.05) is 18.5 Å². The van der Waals surface area contributed by atoms with Crippen LogP contribution >= 0.6 is 0 Å². The predicted octanol–water partition coefficient (Wildman–Crippen LogP) is 1.03. The summed E-state index contributed by atoms with van der Waals surface area (Å²) in [6.45, 7) is 3.02. The second-order valence-corrected chi connectivity index (χ2v) is 5.02. The quantitative estimate of drug-likeness (QED) is 0.765. The number of anilines is 2. The number of nitrogens with two attached hydrogens (primary N) is 2. The van der Waals surface area contributed by atoms with E-state index in [2.05, 4.69) is 16.9 Å². The van der Waals surface area contributed by atoms with Crippen LogP contribution in [-0.2, 0) is 4.79 Å². The number of carbonyl (C=O) groups excluding carboxylic acids is 1. The molecule has 0 saturated heterocycles. The molecule has 1 fully saturated rings. The van der Waals surface area contributed by atoms with E-state index in [1.165, 1.54) is 0 Å². The lowest BCUT2D eigenvalue weighted by atomic mass is 10.3. The van der Waals surface area contributed by atoms with E-state index >= 15 is 0 Å². The van der Waals surface area contributed by atoms with Gasteiger partial charge in [-0.15, -0.1) is 0 Å². The molecule has 1 aliphatic rings. The minimum atomic E-state index is -0.360. The molecular weight excluding hydrogens is 242 g/mol. The summed E-state index contributed by atoms with van der Waals surface area (Å²) in [5, 5.41) is 0. The van der Waals surface area contributed by atoms with E-state index in [1.807, 2.05) is 4.90 Å².